The van der Waals surface area contributed by atoms with Gasteiger partial charge in [-0.1, -0.05) is 12.8 Å². The smallest absolute Gasteiger partial charge is 0.202 e. The van der Waals surface area contributed by atoms with E-state index in [0.717, 1.165) is 12.8 Å². The lowest BCUT2D eigenvalue weighted by atomic mass is 9.69. The van der Waals surface area contributed by atoms with Crippen molar-refractivity contribution in [2.45, 2.75) is 56.7 Å². The average molecular weight is 214 g/mol. The van der Waals surface area contributed by atoms with Crippen LogP contribution in [0.25, 0.3) is 0 Å². The molecule has 4 aliphatic rings. The van der Waals surface area contributed by atoms with E-state index in [1.54, 1.807) is 7.11 Å². The van der Waals surface area contributed by atoms with Crippen molar-refractivity contribution in [1.29, 1.82) is 0 Å². The van der Waals surface area contributed by atoms with Crippen molar-refractivity contribution in [1.82, 2.24) is 0 Å². The van der Waals surface area contributed by atoms with Crippen molar-refractivity contribution >= 4 is 0 Å². The summed E-state index contributed by atoms with van der Waals surface area (Å²) in [6, 6.07) is 0. The number of fused-ring (bicyclic) bond motifs is 2. The van der Waals surface area contributed by atoms with Crippen LogP contribution in [0.1, 0.15) is 39.0 Å². The molecular formula is C11H18O4. The molecule has 0 aromatic carbocycles. The van der Waals surface area contributed by atoms with E-state index < -0.39 is 5.79 Å². The Morgan fingerprint density at radius 1 is 1.27 bits per heavy atom. The fraction of sp³-hybridized carbons (Fsp3) is 1.00. The Hall–Kier alpha value is -0.160. The van der Waals surface area contributed by atoms with Gasteiger partial charge in [-0.25, -0.2) is 9.78 Å². The third kappa shape index (κ3) is 1.29. The van der Waals surface area contributed by atoms with Crippen LogP contribution in [-0.4, -0.2) is 24.8 Å². The predicted molar refractivity (Wildman–Crippen MR) is 51.8 cm³/mol. The molecule has 1 aliphatic carbocycles. The van der Waals surface area contributed by atoms with E-state index in [0.29, 0.717) is 5.92 Å². The first kappa shape index (κ1) is 10.0. The zero-order valence-corrected chi connectivity index (χ0v) is 9.32. The number of hydrogen-bond donors (Lipinski definition) is 0. The zero-order valence-electron chi connectivity index (χ0n) is 9.32. The van der Waals surface area contributed by atoms with Gasteiger partial charge in [0.05, 0.1) is 0 Å². The first-order valence-corrected chi connectivity index (χ1v) is 5.76. The summed E-state index contributed by atoms with van der Waals surface area (Å²) in [5.74, 6) is -0.0894. The highest BCUT2D eigenvalue weighted by molar-refractivity contribution is 5.01. The molecule has 0 amide bonds. The van der Waals surface area contributed by atoms with Gasteiger partial charge in [0.2, 0.25) is 5.79 Å². The van der Waals surface area contributed by atoms with Gasteiger partial charge >= 0.3 is 0 Å². The average Bonchev–Trinajstić information content (AvgIpc) is 2.26. The molecule has 15 heavy (non-hydrogen) atoms. The topological polar surface area (TPSA) is 36.9 Å². The molecule has 86 valence electrons. The van der Waals surface area contributed by atoms with Crippen LogP contribution in [0.4, 0.5) is 0 Å². The van der Waals surface area contributed by atoms with Gasteiger partial charge in [0.25, 0.3) is 0 Å². The van der Waals surface area contributed by atoms with Crippen LogP contribution in [0.15, 0.2) is 0 Å². The quantitative estimate of drug-likeness (QED) is 0.625. The van der Waals surface area contributed by atoms with Crippen molar-refractivity contribution in [3.8, 4) is 0 Å². The summed E-state index contributed by atoms with van der Waals surface area (Å²) in [5.41, 5.74) is -0.342. The molecule has 0 aromatic rings. The third-order valence-corrected chi connectivity index (χ3v) is 4.02. The second-order valence-corrected chi connectivity index (χ2v) is 5.09. The van der Waals surface area contributed by atoms with Crippen molar-refractivity contribution in [3.63, 3.8) is 0 Å². The number of hydrogen-bond acceptors (Lipinski definition) is 4. The van der Waals surface area contributed by atoms with Gasteiger partial charge < -0.3 is 9.47 Å². The van der Waals surface area contributed by atoms with Gasteiger partial charge in [-0.05, 0) is 19.8 Å². The van der Waals surface area contributed by atoms with E-state index in [2.05, 4.69) is 0 Å². The van der Waals surface area contributed by atoms with Crippen molar-refractivity contribution in [2.24, 2.45) is 5.92 Å². The lowest BCUT2D eigenvalue weighted by Crippen LogP contribution is -2.68. The maximum absolute atomic E-state index is 5.81. The summed E-state index contributed by atoms with van der Waals surface area (Å²) in [4.78, 5) is 11.0. The van der Waals surface area contributed by atoms with E-state index in [1.165, 1.54) is 19.3 Å². The molecule has 4 atom stereocenters. The first-order chi connectivity index (χ1) is 7.19. The molecule has 3 heterocycles. The van der Waals surface area contributed by atoms with E-state index in [4.69, 9.17) is 19.2 Å². The first-order valence-electron chi connectivity index (χ1n) is 5.76. The van der Waals surface area contributed by atoms with E-state index in [9.17, 15) is 0 Å². The Morgan fingerprint density at radius 2 is 2.13 bits per heavy atom. The normalized spacial score (nSPS) is 54.0. The van der Waals surface area contributed by atoms with Crippen LogP contribution in [0.2, 0.25) is 0 Å². The molecule has 3 saturated heterocycles. The summed E-state index contributed by atoms with van der Waals surface area (Å²) < 4.78 is 11.2. The van der Waals surface area contributed by atoms with Gasteiger partial charge in [-0.2, -0.15) is 0 Å². The highest BCUT2D eigenvalue weighted by Gasteiger charge is 2.63. The molecule has 4 nitrogen and oxygen atoms in total. The van der Waals surface area contributed by atoms with Gasteiger partial charge in [0.1, 0.15) is 0 Å². The molecule has 0 radical (unpaired) electrons. The maximum Gasteiger partial charge on any atom is 0.202 e. The molecule has 0 N–H and O–H groups in total. The van der Waals surface area contributed by atoms with Crippen molar-refractivity contribution in [2.75, 3.05) is 7.11 Å². The van der Waals surface area contributed by atoms with Crippen LogP contribution >= 0.6 is 0 Å². The summed E-state index contributed by atoms with van der Waals surface area (Å²) in [7, 11) is 1.68. The van der Waals surface area contributed by atoms with E-state index in [1.807, 2.05) is 6.92 Å². The molecule has 2 bridgehead atoms. The minimum Gasteiger partial charge on any atom is -0.353 e. The monoisotopic (exact) mass is 214 g/mol. The summed E-state index contributed by atoms with van der Waals surface area (Å²) in [6.45, 7) is 1.93. The highest BCUT2D eigenvalue weighted by atomic mass is 17.3. The molecule has 1 spiro atoms. The van der Waals surface area contributed by atoms with Crippen molar-refractivity contribution < 1.29 is 19.2 Å². The second-order valence-electron chi connectivity index (χ2n) is 5.09. The predicted octanol–water partition coefficient (Wildman–Crippen LogP) is 1.99. The Balaban J connectivity index is 1.94. The van der Waals surface area contributed by atoms with Crippen LogP contribution in [0.5, 0.6) is 0 Å². The minimum absolute atomic E-state index is 0.268. The number of methoxy groups -OCH3 is 1. The van der Waals surface area contributed by atoms with E-state index >= 15 is 0 Å². The van der Waals surface area contributed by atoms with Crippen LogP contribution in [0, 0.1) is 5.92 Å². The third-order valence-electron chi connectivity index (χ3n) is 4.02. The standard InChI is InChI=1S/C11H18O4/c1-10-7-8-5-3-4-6-11(8,15-14-10)9(12-2)13-10/h8-9H,3-7H2,1-2H3/t8?,9-,10+,11-/m0/s1. The molecule has 3 aliphatic heterocycles. The van der Waals surface area contributed by atoms with E-state index in [-0.39, 0.29) is 11.9 Å². The van der Waals surface area contributed by atoms with Crippen LogP contribution in [0.3, 0.4) is 0 Å². The largest absolute Gasteiger partial charge is 0.353 e. The van der Waals surface area contributed by atoms with Gasteiger partial charge in [0, 0.05) is 19.4 Å². The Labute approximate surface area is 89.8 Å². The zero-order chi connectivity index (χ0) is 10.5. The SMILES string of the molecule is CO[C@H]1O[C@@]2(C)CC3CCCC[C@]31OO2. The second kappa shape index (κ2) is 3.17. The molecule has 0 aromatic heterocycles. The van der Waals surface area contributed by atoms with Crippen molar-refractivity contribution in [3.05, 3.63) is 0 Å². The molecule has 4 rings (SSSR count). The molecule has 1 unspecified atom stereocenters. The molecule has 4 heteroatoms. The Kier molecular flexibility index (Phi) is 2.12. The molecule has 1 saturated carbocycles. The lowest BCUT2D eigenvalue weighted by molar-refractivity contribution is -0.587. The minimum atomic E-state index is -0.607. The molecular weight excluding hydrogens is 196 g/mol. The maximum atomic E-state index is 5.81. The number of ether oxygens (including phenoxy) is 2. The van der Waals surface area contributed by atoms with Gasteiger partial charge in [-0.3, -0.25) is 0 Å². The highest BCUT2D eigenvalue weighted by Crippen LogP contribution is 2.54. The fourth-order valence-corrected chi connectivity index (χ4v) is 3.26. The number of rotatable bonds is 1. The summed E-state index contributed by atoms with van der Waals surface area (Å²) >= 11 is 0. The van der Waals surface area contributed by atoms with Gasteiger partial charge in [0.15, 0.2) is 11.9 Å². The summed E-state index contributed by atoms with van der Waals surface area (Å²) in [6.07, 6.45) is 5.28. The Morgan fingerprint density at radius 3 is 2.93 bits per heavy atom. The molecule has 4 fully saturated rings. The summed E-state index contributed by atoms with van der Waals surface area (Å²) in [5, 5.41) is 0. The Bertz CT molecular complexity index is 257. The van der Waals surface area contributed by atoms with Crippen LogP contribution in [-0.2, 0) is 19.2 Å². The lowest BCUT2D eigenvalue weighted by Gasteiger charge is -2.58. The van der Waals surface area contributed by atoms with Gasteiger partial charge in [-0.15, -0.1) is 0 Å². The van der Waals surface area contributed by atoms with Crippen LogP contribution < -0.4 is 0 Å². The fourth-order valence-electron chi connectivity index (χ4n) is 3.26.